The second-order valence-corrected chi connectivity index (χ2v) is 9.67. The molecule has 9 nitrogen and oxygen atoms in total. The van der Waals surface area contributed by atoms with Crippen LogP contribution < -0.4 is 15.1 Å². The molecule has 0 amide bonds. The zero-order valence-electron chi connectivity index (χ0n) is 20.1. The minimum Gasteiger partial charge on any atom is -0.504 e. The van der Waals surface area contributed by atoms with Gasteiger partial charge >= 0.3 is 5.63 Å². The lowest BCUT2D eigenvalue weighted by atomic mass is 9.84. The number of rotatable bonds is 3. The summed E-state index contributed by atoms with van der Waals surface area (Å²) in [5, 5.41) is 16.2. The molecule has 3 aromatic heterocycles. The molecule has 1 atom stereocenters. The average molecular weight is 559 g/mol. The van der Waals surface area contributed by atoms with Crippen LogP contribution in [0.25, 0.3) is 28.0 Å². The third-order valence-electron chi connectivity index (χ3n) is 6.69. The first-order chi connectivity index (χ1) is 18.9. The van der Waals surface area contributed by atoms with Crippen LogP contribution in [0.15, 0.2) is 76.2 Å². The van der Waals surface area contributed by atoms with Crippen molar-refractivity contribution in [1.29, 1.82) is 0 Å². The minimum absolute atomic E-state index is 0.0588. The van der Waals surface area contributed by atoms with Gasteiger partial charge in [0.2, 0.25) is 5.88 Å². The molecule has 0 spiro atoms. The van der Waals surface area contributed by atoms with Crippen LogP contribution in [0.3, 0.4) is 0 Å². The molecule has 0 saturated carbocycles. The normalized spacial score (nSPS) is 14.2. The lowest BCUT2D eigenvalue weighted by molar-refractivity contribution is 0.373. The van der Waals surface area contributed by atoms with Gasteiger partial charge in [0.05, 0.1) is 29.5 Å². The standard InChI is InChI=1S/C28H16Cl2N4O5/c1-37-19-10-9-13(11-17(19)35)25-32-26-23-21(20-15(29)6-4-7-16(20)30)22-24(39-27(23)31-12-34(26)33-25)14-5-2-3-8-18(14)38-28(22)36/h2-12,21,35H,1H3. The van der Waals surface area contributed by atoms with Crippen LogP contribution in [0, 0.1) is 0 Å². The first kappa shape index (κ1) is 23.5. The number of methoxy groups -OCH3 is 1. The second-order valence-electron chi connectivity index (χ2n) is 8.85. The number of nitrogens with zero attached hydrogens (tertiary/aromatic N) is 4. The minimum atomic E-state index is -0.830. The van der Waals surface area contributed by atoms with Gasteiger partial charge in [0.15, 0.2) is 28.7 Å². The molecule has 1 aliphatic heterocycles. The van der Waals surface area contributed by atoms with Gasteiger partial charge in [0.1, 0.15) is 11.9 Å². The molecular weight excluding hydrogens is 543 g/mol. The van der Waals surface area contributed by atoms with Crippen molar-refractivity contribution in [3.8, 4) is 34.5 Å². The van der Waals surface area contributed by atoms with Crippen LogP contribution in [-0.2, 0) is 0 Å². The summed E-state index contributed by atoms with van der Waals surface area (Å²) in [5.74, 6) is 0.275. The molecule has 0 fully saturated rings. The molecule has 1 aliphatic rings. The Bertz CT molecular complexity index is 2000. The van der Waals surface area contributed by atoms with Crippen molar-refractivity contribution >= 4 is 39.8 Å². The Morgan fingerprint density at radius 1 is 1.00 bits per heavy atom. The Hall–Kier alpha value is -4.60. The summed E-state index contributed by atoms with van der Waals surface area (Å²) >= 11 is 13.4. The third kappa shape index (κ3) is 3.54. The van der Waals surface area contributed by atoms with E-state index < -0.39 is 11.5 Å². The Morgan fingerprint density at radius 2 is 1.79 bits per heavy atom. The first-order valence-electron chi connectivity index (χ1n) is 11.7. The highest BCUT2D eigenvalue weighted by atomic mass is 35.5. The monoisotopic (exact) mass is 558 g/mol. The third-order valence-corrected chi connectivity index (χ3v) is 7.35. The maximum atomic E-state index is 13.5. The van der Waals surface area contributed by atoms with Crippen LogP contribution in [0.4, 0.5) is 0 Å². The lowest BCUT2D eigenvalue weighted by Crippen LogP contribution is -2.22. The number of benzene rings is 3. The van der Waals surface area contributed by atoms with E-state index in [0.717, 1.165) is 0 Å². The number of hydrogen-bond acceptors (Lipinski definition) is 8. The number of phenolic OH excluding ortho intramolecular Hbond substituents is 1. The molecule has 3 aromatic carbocycles. The summed E-state index contributed by atoms with van der Waals surface area (Å²) in [6, 6.07) is 17.1. The van der Waals surface area contributed by atoms with Gasteiger partial charge in [0.25, 0.3) is 0 Å². The highest BCUT2D eigenvalue weighted by Gasteiger charge is 2.39. The molecular formula is C28H16Cl2N4O5. The van der Waals surface area contributed by atoms with Crippen LogP contribution in [0.2, 0.25) is 10.0 Å². The molecule has 0 aliphatic carbocycles. The van der Waals surface area contributed by atoms with E-state index in [1.165, 1.54) is 24.0 Å². The van der Waals surface area contributed by atoms with Gasteiger partial charge in [-0.25, -0.2) is 19.3 Å². The molecule has 0 saturated heterocycles. The molecule has 192 valence electrons. The maximum Gasteiger partial charge on any atom is 0.344 e. The highest BCUT2D eigenvalue weighted by Crippen LogP contribution is 2.51. The Morgan fingerprint density at radius 3 is 2.56 bits per heavy atom. The van der Waals surface area contributed by atoms with Crippen LogP contribution in [0.1, 0.15) is 22.6 Å². The van der Waals surface area contributed by atoms with E-state index in [1.54, 1.807) is 48.5 Å². The summed E-state index contributed by atoms with van der Waals surface area (Å²) in [6.45, 7) is 0. The number of hydrogen-bond donors (Lipinski definition) is 1. The molecule has 6 aromatic rings. The van der Waals surface area contributed by atoms with Crippen molar-refractivity contribution in [3.05, 3.63) is 104 Å². The van der Waals surface area contributed by atoms with Crippen molar-refractivity contribution in [2.24, 2.45) is 0 Å². The van der Waals surface area contributed by atoms with Crippen LogP contribution >= 0.6 is 23.2 Å². The number of fused-ring (bicyclic) bond motifs is 6. The van der Waals surface area contributed by atoms with Crippen molar-refractivity contribution in [2.45, 2.75) is 5.92 Å². The number of para-hydroxylation sites is 1. The van der Waals surface area contributed by atoms with E-state index >= 15 is 0 Å². The van der Waals surface area contributed by atoms with Crippen molar-refractivity contribution in [3.63, 3.8) is 0 Å². The molecule has 11 heteroatoms. The Balaban J connectivity index is 1.54. The molecule has 7 rings (SSSR count). The van der Waals surface area contributed by atoms with Crippen LogP contribution in [-0.4, -0.2) is 31.8 Å². The summed E-state index contributed by atoms with van der Waals surface area (Å²) in [6.07, 6.45) is 1.47. The van der Waals surface area contributed by atoms with Crippen LogP contribution in [0.5, 0.6) is 23.1 Å². The molecule has 1 unspecified atom stereocenters. The van der Waals surface area contributed by atoms with Gasteiger partial charge in [-0.15, -0.1) is 5.10 Å². The number of aromatic hydroxyl groups is 1. The predicted molar refractivity (Wildman–Crippen MR) is 144 cm³/mol. The molecule has 4 heterocycles. The quantitative estimate of drug-likeness (QED) is 0.255. The number of aromatic nitrogens is 4. The van der Waals surface area contributed by atoms with E-state index in [1.807, 2.05) is 6.07 Å². The zero-order valence-corrected chi connectivity index (χ0v) is 21.6. The smallest absolute Gasteiger partial charge is 0.344 e. The van der Waals surface area contributed by atoms with Crippen molar-refractivity contribution < 1.29 is 19.0 Å². The SMILES string of the molecule is COc1ccc(-c2nc3c4c(ncn3n2)Oc2c(c(=O)oc3ccccc23)C4c2c(Cl)cccc2Cl)cc1O. The van der Waals surface area contributed by atoms with E-state index in [2.05, 4.69) is 10.1 Å². The van der Waals surface area contributed by atoms with E-state index in [4.69, 9.17) is 42.1 Å². The largest absolute Gasteiger partial charge is 0.504 e. The Labute approximate surface area is 229 Å². The van der Waals surface area contributed by atoms with Gasteiger partial charge in [-0.05, 0) is 42.5 Å². The predicted octanol–water partition coefficient (Wildman–Crippen LogP) is 6.20. The van der Waals surface area contributed by atoms with Gasteiger partial charge < -0.3 is 19.0 Å². The molecule has 0 bridgehead atoms. The van der Waals surface area contributed by atoms with Gasteiger partial charge in [-0.2, -0.15) is 0 Å². The van der Waals surface area contributed by atoms with Crippen molar-refractivity contribution in [1.82, 2.24) is 19.6 Å². The van der Waals surface area contributed by atoms with E-state index in [9.17, 15) is 9.90 Å². The van der Waals surface area contributed by atoms with E-state index in [0.29, 0.717) is 60.7 Å². The lowest BCUT2D eigenvalue weighted by Gasteiger charge is -2.28. The zero-order chi connectivity index (χ0) is 26.8. The fourth-order valence-corrected chi connectivity index (χ4v) is 5.57. The summed E-state index contributed by atoms with van der Waals surface area (Å²) in [4.78, 5) is 22.8. The molecule has 39 heavy (non-hydrogen) atoms. The Kier molecular flexibility index (Phi) is 5.26. The number of ether oxygens (including phenoxy) is 2. The summed E-state index contributed by atoms with van der Waals surface area (Å²) in [7, 11) is 1.47. The average Bonchev–Trinajstić information content (AvgIpc) is 3.37. The number of halogens is 2. The topological polar surface area (TPSA) is 112 Å². The summed E-state index contributed by atoms with van der Waals surface area (Å²) in [5.41, 5.74) is 1.83. The molecule has 1 N–H and O–H groups in total. The second kappa shape index (κ2) is 8.72. The summed E-state index contributed by atoms with van der Waals surface area (Å²) < 4.78 is 18.6. The van der Waals surface area contributed by atoms with Gasteiger partial charge in [-0.1, -0.05) is 41.4 Å². The maximum absolute atomic E-state index is 13.5. The fraction of sp³-hybridized carbons (Fsp3) is 0.0714. The van der Waals surface area contributed by atoms with Crippen molar-refractivity contribution in [2.75, 3.05) is 7.11 Å². The van der Waals surface area contributed by atoms with E-state index in [-0.39, 0.29) is 17.2 Å². The highest BCUT2D eigenvalue weighted by molar-refractivity contribution is 6.36. The van der Waals surface area contributed by atoms with Gasteiger partial charge in [0, 0.05) is 21.2 Å². The number of phenols is 1. The first-order valence-corrected chi connectivity index (χ1v) is 12.5. The van der Waals surface area contributed by atoms with Gasteiger partial charge in [-0.3, -0.25) is 0 Å². The fourth-order valence-electron chi connectivity index (χ4n) is 4.96. The molecule has 0 radical (unpaired) electrons.